The van der Waals surface area contributed by atoms with Crippen molar-refractivity contribution in [3.63, 3.8) is 0 Å². The number of allylic oxidation sites excluding steroid dienone is 1. The average molecular weight is 288 g/mol. The summed E-state index contributed by atoms with van der Waals surface area (Å²) in [5.41, 5.74) is 0.740. The molecule has 2 nitrogen and oxygen atoms in total. The van der Waals surface area contributed by atoms with E-state index in [0.29, 0.717) is 6.61 Å². The van der Waals surface area contributed by atoms with Gasteiger partial charge < -0.3 is 4.74 Å². The summed E-state index contributed by atoms with van der Waals surface area (Å²) in [5.74, 6) is 0.125. The first-order valence-corrected chi connectivity index (χ1v) is 7.49. The largest absolute Gasteiger partial charge is 0.369 e. The second kappa shape index (κ2) is 7.04. The molecule has 0 amide bonds. The minimum atomic E-state index is -0.349. The van der Waals surface area contributed by atoms with Crippen molar-refractivity contribution in [1.29, 1.82) is 0 Å². The minimum Gasteiger partial charge on any atom is -0.369 e. The van der Waals surface area contributed by atoms with E-state index >= 15 is 0 Å². The monoisotopic (exact) mass is 288 g/mol. The van der Waals surface area contributed by atoms with Crippen molar-refractivity contribution in [2.45, 2.75) is 54.3 Å². The molecular weight excluding hydrogens is 260 g/mol. The van der Waals surface area contributed by atoms with Crippen molar-refractivity contribution in [3.8, 4) is 0 Å². The number of hydrogen-bond donors (Lipinski definition) is 0. The number of rotatable bonds is 5. The Bertz CT molecular complexity index is 473. The molecule has 1 rings (SSSR count). The van der Waals surface area contributed by atoms with Gasteiger partial charge in [-0.3, -0.25) is 4.79 Å². The third kappa shape index (κ3) is 6.26. The maximum Gasteiger partial charge on any atom is 0.160 e. The highest BCUT2D eigenvalue weighted by Gasteiger charge is 2.25. The van der Waals surface area contributed by atoms with E-state index in [1.807, 2.05) is 57.2 Å². The first-order chi connectivity index (χ1) is 9.60. The van der Waals surface area contributed by atoms with Crippen LogP contribution in [-0.2, 0) is 16.1 Å². The second-order valence-corrected chi connectivity index (χ2v) is 7.56. The van der Waals surface area contributed by atoms with Gasteiger partial charge in [0.1, 0.15) is 0 Å². The zero-order chi connectivity index (χ0) is 16.1. The number of hydrogen-bond acceptors (Lipinski definition) is 2. The quantitative estimate of drug-likeness (QED) is 0.728. The summed E-state index contributed by atoms with van der Waals surface area (Å²) in [6.45, 7) is 12.7. The molecule has 1 aromatic carbocycles. The molecule has 1 atom stereocenters. The fourth-order valence-electron chi connectivity index (χ4n) is 1.78. The molecule has 0 fully saturated rings. The number of carbonyl (C=O) groups is 1. The van der Waals surface area contributed by atoms with Gasteiger partial charge in [0.15, 0.2) is 5.78 Å². The van der Waals surface area contributed by atoms with Gasteiger partial charge in [-0.2, -0.15) is 0 Å². The lowest BCUT2D eigenvalue weighted by Gasteiger charge is -2.28. The van der Waals surface area contributed by atoms with E-state index in [9.17, 15) is 4.79 Å². The van der Waals surface area contributed by atoms with Gasteiger partial charge in [-0.1, -0.05) is 78.0 Å². The molecular formula is C19H28O2. The van der Waals surface area contributed by atoms with Crippen LogP contribution < -0.4 is 0 Å². The lowest BCUT2D eigenvalue weighted by atomic mass is 9.86. The minimum absolute atomic E-state index is 0.0521. The summed E-state index contributed by atoms with van der Waals surface area (Å²) in [7, 11) is 0. The van der Waals surface area contributed by atoms with Gasteiger partial charge in [-0.25, -0.2) is 0 Å². The fraction of sp³-hybridized carbons (Fsp3) is 0.526. The van der Waals surface area contributed by atoms with Crippen LogP contribution in [0.1, 0.15) is 47.1 Å². The maximum atomic E-state index is 12.0. The predicted molar refractivity (Wildman–Crippen MR) is 88.1 cm³/mol. The highest BCUT2D eigenvalue weighted by atomic mass is 16.5. The molecule has 0 saturated carbocycles. The van der Waals surface area contributed by atoms with Crippen molar-refractivity contribution in [3.05, 3.63) is 48.0 Å². The Kier molecular flexibility index (Phi) is 5.91. The van der Waals surface area contributed by atoms with Crippen molar-refractivity contribution in [2.75, 3.05) is 0 Å². The molecule has 0 aliphatic heterocycles. The number of ketones is 1. The first kappa shape index (κ1) is 17.6. The Labute approximate surface area is 129 Å². The standard InChI is InChI=1S/C19H28O2/c1-18(2,3)16(20)12-13-17(19(4,5)6)21-14-15-10-8-7-9-11-15/h7-13,17H,14H2,1-6H3/b13-12+. The Balaban J connectivity index is 2.74. The predicted octanol–water partition coefficient (Wildman–Crippen LogP) is 4.79. The van der Waals surface area contributed by atoms with Gasteiger partial charge in [0.05, 0.1) is 12.7 Å². The number of carbonyl (C=O) groups excluding carboxylic acids is 1. The Morgan fingerprint density at radius 3 is 2.14 bits per heavy atom. The van der Waals surface area contributed by atoms with Crippen LogP contribution in [0.3, 0.4) is 0 Å². The van der Waals surface area contributed by atoms with E-state index in [1.165, 1.54) is 0 Å². The third-order valence-corrected chi connectivity index (χ3v) is 3.29. The van der Waals surface area contributed by atoms with Gasteiger partial charge in [-0.05, 0) is 17.1 Å². The number of benzene rings is 1. The van der Waals surface area contributed by atoms with Crippen molar-refractivity contribution in [2.24, 2.45) is 10.8 Å². The van der Waals surface area contributed by atoms with Crippen LogP contribution in [0.25, 0.3) is 0 Å². The van der Waals surface area contributed by atoms with E-state index in [1.54, 1.807) is 6.08 Å². The molecule has 21 heavy (non-hydrogen) atoms. The summed E-state index contributed by atoms with van der Waals surface area (Å²) >= 11 is 0. The van der Waals surface area contributed by atoms with Crippen molar-refractivity contribution < 1.29 is 9.53 Å². The van der Waals surface area contributed by atoms with Crippen LogP contribution in [0.15, 0.2) is 42.5 Å². The SMILES string of the molecule is CC(C)(C)C(=O)/C=C/C(OCc1ccccc1)C(C)(C)C. The van der Waals surface area contributed by atoms with Gasteiger partial charge in [-0.15, -0.1) is 0 Å². The van der Waals surface area contributed by atoms with Gasteiger partial charge in [0.2, 0.25) is 0 Å². The van der Waals surface area contributed by atoms with Gasteiger partial charge >= 0.3 is 0 Å². The van der Waals surface area contributed by atoms with Crippen LogP contribution in [0, 0.1) is 10.8 Å². The molecule has 0 saturated heterocycles. The zero-order valence-electron chi connectivity index (χ0n) is 14.1. The van der Waals surface area contributed by atoms with E-state index in [2.05, 4.69) is 20.8 Å². The molecule has 116 valence electrons. The third-order valence-electron chi connectivity index (χ3n) is 3.29. The lowest BCUT2D eigenvalue weighted by molar-refractivity contribution is -0.121. The first-order valence-electron chi connectivity index (χ1n) is 7.49. The topological polar surface area (TPSA) is 26.3 Å². The lowest BCUT2D eigenvalue weighted by Crippen LogP contribution is -2.28. The van der Waals surface area contributed by atoms with Crippen LogP contribution >= 0.6 is 0 Å². The molecule has 0 aliphatic rings. The van der Waals surface area contributed by atoms with E-state index < -0.39 is 0 Å². The Hall–Kier alpha value is -1.41. The highest BCUT2D eigenvalue weighted by Crippen LogP contribution is 2.25. The Morgan fingerprint density at radius 1 is 1.10 bits per heavy atom. The normalized spacial score (nSPS) is 14.4. The van der Waals surface area contributed by atoms with Crippen LogP contribution in [0.4, 0.5) is 0 Å². The molecule has 0 aliphatic carbocycles. The second-order valence-electron chi connectivity index (χ2n) is 7.56. The van der Waals surface area contributed by atoms with Crippen LogP contribution in [-0.4, -0.2) is 11.9 Å². The van der Waals surface area contributed by atoms with E-state index in [4.69, 9.17) is 4.74 Å². The summed E-state index contributed by atoms with van der Waals surface area (Å²) in [6.07, 6.45) is 3.47. The molecule has 0 bridgehead atoms. The fourth-order valence-corrected chi connectivity index (χ4v) is 1.78. The molecule has 2 heteroatoms. The zero-order valence-corrected chi connectivity index (χ0v) is 14.1. The molecule has 1 aromatic rings. The highest BCUT2D eigenvalue weighted by molar-refractivity contribution is 5.93. The maximum absolute atomic E-state index is 12.0. The molecule has 0 radical (unpaired) electrons. The molecule has 0 spiro atoms. The molecule has 0 aromatic heterocycles. The summed E-state index contributed by atoms with van der Waals surface area (Å²) in [4.78, 5) is 12.0. The Morgan fingerprint density at radius 2 is 1.67 bits per heavy atom. The average Bonchev–Trinajstić information content (AvgIpc) is 2.36. The van der Waals surface area contributed by atoms with Crippen LogP contribution in [0.5, 0.6) is 0 Å². The summed E-state index contributed by atoms with van der Waals surface area (Å²) in [6, 6.07) is 10.1. The smallest absolute Gasteiger partial charge is 0.160 e. The molecule has 0 heterocycles. The van der Waals surface area contributed by atoms with Crippen LogP contribution in [0.2, 0.25) is 0 Å². The summed E-state index contributed by atoms with van der Waals surface area (Å²) in [5, 5.41) is 0. The number of ether oxygens (including phenoxy) is 1. The van der Waals surface area contributed by atoms with E-state index in [-0.39, 0.29) is 22.7 Å². The molecule has 0 N–H and O–H groups in total. The van der Waals surface area contributed by atoms with Gasteiger partial charge in [0, 0.05) is 5.41 Å². The van der Waals surface area contributed by atoms with Crippen molar-refractivity contribution >= 4 is 5.78 Å². The molecule has 1 unspecified atom stereocenters. The van der Waals surface area contributed by atoms with Crippen molar-refractivity contribution in [1.82, 2.24) is 0 Å². The van der Waals surface area contributed by atoms with Gasteiger partial charge in [0.25, 0.3) is 0 Å². The summed E-state index contributed by atoms with van der Waals surface area (Å²) < 4.78 is 6.02. The van der Waals surface area contributed by atoms with E-state index in [0.717, 1.165) is 5.56 Å².